The Morgan fingerprint density at radius 1 is 1.15 bits per heavy atom. The van der Waals surface area contributed by atoms with Gasteiger partial charge in [-0.2, -0.15) is 0 Å². The summed E-state index contributed by atoms with van der Waals surface area (Å²) in [6.45, 7) is 9.77. The topological polar surface area (TPSA) is 41.1 Å². The van der Waals surface area contributed by atoms with Gasteiger partial charge in [-0.05, 0) is 37.5 Å². The Morgan fingerprint density at radius 3 is 2.10 bits per heavy atom. The van der Waals surface area contributed by atoms with Crippen LogP contribution in [0.25, 0.3) is 0 Å². The molecule has 0 aliphatic carbocycles. The number of rotatable bonds is 9. The Kier molecular flexibility index (Phi) is 8.07. The first-order valence-electron chi connectivity index (χ1n) is 7.63. The van der Waals surface area contributed by atoms with Crippen LogP contribution in [0.4, 0.5) is 0 Å². The van der Waals surface area contributed by atoms with Crippen LogP contribution in [-0.2, 0) is 4.79 Å². The molecule has 0 aromatic heterocycles. The van der Waals surface area contributed by atoms with Gasteiger partial charge in [-0.15, -0.1) is 0 Å². The van der Waals surface area contributed by atoms with Crippen molar-refractivity contribution in [1.29, 1.82) is 0 Å². The first-order valence-corrected chi connectivity index (χ1v) is 8.92. The molecule has 1 fully saturated rings. The Hall–Kier alpha value is -0.130. The number of carbonyl (C=O) groups excluding carboxylic acids is 1. The second-order valence-corrected chi connectivity index (χ2v) is 8.31. The zero-order valence-electron chi connectivity index (χ0n) is 13.1. The highest BCUT2D eigenvalue weighted by atomic mass is 32.2. The lowest BCUT2D eigenvalue weighted by atomic mass is 9.97. The van der Waals surface area contributed by atoms with Gasteiger partial charge in [0, 0.05) is 12.6 Å². The van der Waals surface area contributed by atoms with Crippen LogP contribution in [0.15, 0.2) is 0 Å². The van der Waals surface area contributed by atoms with Crippen molar-refractivity contribution in [2.75, 3.05) is 6.54 Å². The van der Waals surface area contributed by atoms with Crippen LogP contribution in [0.5, 0.6) is 0 Å². The van der Waals surface area contributed by atoms with Gasteiger partial charge in [0.25, 0.3) is 0 Å². The van der Waals surface area contributed by atoms with E-state index in [1.54, 1.807) is 0 Å². The molecule has 5 heteroatoms. The summed E-state index contributed by atoms with van der Waals surface area (Å²) >= 11 is 6.50. The lowest BCUT2D eigenvalue weighted by Crippen LogP contribution is -2.38. The molecule has 1 atom stereocenters. The number of amides is 1. The predicted octanol–water partition coefficient (Wildman–Crippen LogP) is 3.33. The molecule has 1 aliphatic heterocycles. The summed E-state index contributed by atoms with van der Waals surface area (Å²) < 4.78 is 0.614. The van der Waals surface area contributed by atoms with Gasteiger partial charge in [0.05, 0.1) is 0 Å². The molecule has 20 heavy (non-hydrogen) atoms. The third kappa shape index (κ3) is 7.04. The van der Waals surface area contributed by atoms with Crippen molar-refractivity contribution in [2.24, 2.45) is 11.8 Å². The van der Waals surface area contributed by atoms with Crippen molar-refractivity contribution in [2.45, 2.75) is 64.7 Å². The number of hydrogen-bond donors (Lipinski definition) is 2. The van der Waals surface area contributed by atoms with Crippen LogP contribution < -0.4 is 10.6 Å². The molecule has 1 aliphatic rings. The molecule has 116 valence electrons. The van der Waals surface area contributed by atoms with Gasteiger partial charge >= 0.3 is 0 Å². The molecule has 0 bridgehead atoms. The number of thioether (sulfide) groups is 1. The normalized spacial score (nSPS) is 19.4. The van der Waals surface area contributed by atoms with E-state index in [4.69, 9.17) is 12.2 Å². The van der Waals surface area contributed by atoms with Gasteiger partial charge in [-0.1, -0.05) is 51.7 Å². The van der Waals surface area contributed by atoms with E-state index >= 15 is 0 Å². The molecule has 0 aromatic carbocycles. The molecule has 0 saturated carbocycles. The minimum atomic E-state index is -0.0527. The highest BCUT2D eigenvalue weighted by molar-refractivity contribution is 8.24. The zero-order chi connectivity index (χ0) is 15.1. The van der Waals surface area contributed by atoms with E-state index in [-0.39, 0.29) is 11.2 Å². The summed E-state index contributed by atoms with van der Waals surface area (Å²) in [5.74, 6) is 1.52. The van der Waals surface area contributed by atoms with E-state index in [0.29, 0.717) is 10.4 Å². The molecule has 1 rings (SSSR count). The standard InChI is InChI=1S/C15H28N2OS2/c1-10(2)5-7-12(8-6-11(3)4)16-9-13-14(18)17-15(19)20-13/h10-13,16H,5-9H2,1-4H3,(H,17,18,19). The summed E-state index contributed by atoms with van der Waals surface area (Å²) in [6, 6.07) is 0.516. The number of carbonyl (C=O) groups is 1. The van der Waals surface area contributed by atoms with Crippen LogP contribution in [0, 0.1) is 11.8 Å². The van der Waals surface area contributed by atoms with Crippen LogP contribution in [0.1, 0.15) is 53.4 Å². The Morgan fingerprint density at radius 2 is 1.70 bits per heavy atom. The van der Waals surface area contributed by atoms with Gasteiger partial charge < -0.3 is 10.6 Å². The van der Waals surface area contributed by atoms with E-state index in [1.807, 2.05) is 0 Å². The second-order valence-electron chi connectivity index (χ2n) is 6.43. The van der Waals surface area contributed by atoms with E-state index in [9.17, 15) is 4.79 Å². The average Bonchev–Trinajstić information content (AvgIpc) is 2.66. The minimum Gasteiger partial charge on any atom is -0.312 e. The summed E-state index contributed by atoms with van der Waals surface area (Å²) in [5, 5.41) is 6.24. The Balaban J connectivity index is 2.38. The monoisotopic (exact) mass is 316 g/mol. The first kappa shape index (κ1) is 17.9. The largest absolute Gasteiger partial charge is 0.312 e. The van der Waals surface area contributed by atoms with Crippen molar-refractivity contribution in [3.63, 3.8) is 0 Å². The van der Waals surface area contributed by atoms with E-state index in [1.165, 1.54) is 37.4 Å². The van der Waals surface area contributed by atoms with Gasteiger partial charge in [-0.3, -0.25) is 4.79 Å². The van der Waals surface area contributed by atoms with Crippen LogP contribution in [0.3, 0.4) is 0 Å². The molecular weight excluding hydrogens is 288 g/mol. The molecule has 3 nitrogen and oxygen atoms in total. The van der Waals surface area contributed by atoms with Gasteiger partial charge in [-0.25, -0.2) is 0 Å². The van der Waals surface area contributed by atoms with Crippen LogP contribution >= 0.6 is 24.0 Å². The Labute approximate surface area is 133 Å². The number of nitrogens with one attached hydrogen (secondary N) is 2. The molecule has 1 unspecified atom stereocenters. The van der Waals surface area contributed by atoms with E-state index < -0.39 is 0 Å². The molecule has 0 radical (unpaired) electrons. The Bertz CT molecular complexity index is 320. The summed E-state index contributed by atoms with van der Waals surface area (Å²) in [6.07, 6.45) is 4.85. The van der Waals surface area contributed by atoms with Gasteiger partial charge in [0.15, 0.2) is 0 Å². The van der Waals surface area contributed by atoms with E-state index in [2.05, 4.69) is 38.3 Å². The zero-order valence-corrected chi connectivity index (χ0v) is 14.7. The fourth-order valence-electron chi connectivity index (χ4n) is 2.22. The smallest absolute Gasteiger partial charge is 0.240 e. The predicted molar refractivity (Wildman–Crippen MR) is 92.1 cm³/mol. The SMILES string of the molecule is CC(C)CCC(CCC(C)C)NCC1SC(=S)NC1=O. The molecule has 1 heterocycles. The van der Waals surface area contributed by atoms with Crippen molar-refractivity contribution in [3.05, 3.63) is 0 Å². The third-order valence-electron chi connectivity index (χ3n) is 3.54. The molecule has 0 aromatic rings. The fourth-order valence-corrected chi connectivity index (χ4v) is 3.43. The molecule has 1 saturated heterocycles. The van der Waals surface area contributed by atoms with Crippen molar-refractivity contribution >= 4 is 34.2 Å². The lowest BCUT2D eigenvalue weighted by molar-refractivity contribution is -0.118. The van der Waals surface area contributed by atoms with Crippen molar-refractivity contribution in [3.8, 4) is 0 Å². The van der Waals surface area contributed by atoms with Crippen molar-refractivity contribution < 1.29 is 4.79 Å². The first-order chi connectivity index (χ1) is 9.38. The molecule has 0 spiro atoms. The summed E-state index contributed by atoms with van der Waals surface area (Å²) in [5.41, 5.74) is 0. The maximum absolute atomic E-state index is 11.7. The van der Waals surface area contributed by atoms with Crippen LogP contribution in [0.2, 0.25) is 0 Å². The van der Waals surface area contributed by atoms with E-state index in [0.717, 1.165) is 18.4 Å². The maximum Gasteiger partial charge on any atom is 0.240 e. The van der Waals surface area contributed by atoms with Gasteiger partial charge in [0.2, 0.25) is 5.91 Å². The van der Waals surface area contributed by atoms with Crippen molar-refractivity contribution in [1.82, 2.24) is 10.6 Å². The highest BCUT2D eigenvalue weighted by Crippen LogP contribution is 2.20. The number of hydrogen-bond acceptors (Lipinski definition) is 4. The third-order valence-corrected chi connectivity index (χ3v) is 4.92. The number of thiocarbonyl (C=S) groups is 1. The molecular formula is C15H28N2OS2. The second kappa shape index (κ2) is 9.00. The minimum absolute atomic E-state index is 0.0527. The lowest BCUT2D eigenvalue weighted by Gasteiger charge is -2.21. The van der Waals surface area contributed by atoms with Gasteiger partial charge in [0.1, 0.15) is 9.57 Å². The fraction of sp³-hybridized carbons (Fsp3) is 0.867. The quantitative estimate of drug-likeness (QED) is 0.640. The highest BCUT2D eigenvalue weighted by Gasteiger charge is 2.29. The summed E-state index contributed by atoms with van der Waals surface area (Å²) in [7, 11) is 0. The summed E-state index contributed by atoms with van der Waals surface area (Å²) in [4.78, 5) is 11.7. The maximum atomic E-state index is 11.7. The van der Waals surface area contributed by atoms with Crippen LogP contribution in [-0.4, -0.2) is 28.1 Å². The molecule has 1 amide bonds. The molecule has 2 N–H and O–H groups in total. The average molecular weight is 317 g/mol.